The number of unbranched alkanes of at least 4 members (excludes halogenated alkanes) is 1. The molecule has 0 saturated heterocycles. The van der Waals surface area contributed by atoms with Crippen LogP contribution in [0.1, 0.15) is 54.4 Å². The van der Waals surface area contributed by atoms with E-state index < -0.39 is 0 Å². The zero-order valence-electron chi connectivity index (χ0n) is 17.7. The molecular formula is C24H38O2. The molecule has 0 bridgehead atoms. The maximum Gasteiger partial charge on any atom is 0.120 e. The minimum atomic E-state index is 0.452. The van der Waals surface area contributed by atoms with Crippen LogP contribution in [0.5, 0.6) is 0 Å². The summed E-state index contributed by atoms with van der Waals surface area (Å²) in [6.45, 7) is 26.9. The highest BCUT2D eigenvalue weighted by Crippen LogP contribution is 2.10. The molecule has 0 spiro atoms. The second-order valence-electron chi connectivity index (χ2n) is 4.53. The molecule has 0 heterocycles. The summed E-state index contributed by atoms with van der Waals surface area (Å²) in [5.41, 5.74) is 0. The lowest BCUT2D eigenvalue weighted by molar-refractivity contribution is 0.321. The van der Waals surface area contributed by atoms with Gasteiger partial charge in [-0.25, -0.2) is 0 Å². The monoisotopic (exact) mass is 358 g/mol. The molecule has 0 aromatic carbocycles. The van der Waals surface area contributed by atoms with E-state index in [1.807, 2.05) is 46.8 Å². The molecule has 0 aliphatic carbocycles. The zero-order valence-corrected chi connectivity index (χ0v) is 17.7. The van der Waals surface area contributed by atoms with Gasteiger partial charge in [-0.3, -0.25) is 0 Å². The molecule has 0 N–H and O–H groups in total. The Morgan fingerprint density at radius 2 is 1.31 bits per heavy atom. The van der Waals surface area contributed by atoms with Gasteiger partial charge in [0.15, 0.2) is 0 Å². The van der Waals surface area contributed by atoms with Gasteiger partial charge in [-0.15, -0.1) is 0 Å². The Bertz CT molecular complexity index is 514. The highest BCUT2D eigenvalue weighted by molar-refractivity contribution is 5.22. The first-order valence-corrected chi connectivity index (χ1v) is 9.22. The van der Waals surface area contributed by atoms with Gasteiger partial charge in [0.05, 0.1) is 0 Å². The van der Waals surface area contributed by atoms with Crippen molar-refractivity contribution >= 4 is 0 Å². The van der Waals surface area contributed by atoms with Crippen LogP contribution >= 0.6 is 0 Å². The molecule has 0 saturated carbocycles. The normalized spacial score (nSPS) is 10.6. The summed E-state index contributed by atoms with van der Waals surface area (Å²) >= 11 is 0. The van der Waals surface area contributed by atoms with Crippen molar-refractivity contribution in [3.63, 3.8) is 0 Å². The predicted octanol–water partition coefficient (Wildman–Crippen LogP) is 8.17. The molecule has 2 nitrogen and oxygen atoms in total. The van der Waals surface area contributed by atoms with Gasteiger partial charge in [-0.05, 0) is 37.6 Å². The van der Waals surface area contributed by atoms with E-state index in [1.165, 1.54) is 0 Å². The highest BCUT2D eigenvalue weighted by Gasteiger charge is 1.94. The maximum absolute atomic E-state index is 5.53. The molecule has 0 aliphatic heterocycles. The molecule has 0 amide bonds. The van der Waals surface area contributed by atoms with E-state index in [0.29, 0.717) is 17.3 Å². The summed E-state index contributed by atoms with van der Waals surface area (Å²) in [4.78, 5) is 0. The Hall–Kier alpha value is -2.48. The first-order chi connectivity index (χ1) is 12.5. The molecule has 146 valence electrons. The van der Waals surface area contributed by atoms with E-state index in [1.54, 1.807) is 30.4 Å². The second-order valence-corrected chi connectivity index (χ2v) is 4.53. The Balaban J connectivity index is -0.00000123. The molecule has 0 unspecified atom stereocenters. The van der Waals surface area contributed by atoms with Gasteiger partial charge in [0.2, 0.25) is 0 Å². The number of allylic oxidation sites excluding steroid dienone is 9. The van der Waals surface area contributed by atoms with Crippen LogP contribution in [-0.2, 0) is 9.47 Å². The Labute approximate surface area is 162 Å². The maximum atomic E-state index is 5.53. The molecule has 2 heteroatoms. The van der Waals surface area contributed by atoms with E-state index in [0.717, 1.165) is 18.6 Å². The van der Waals surface area contributed by atoms with Crippen molar-refractivity contribution in [2.45, 2.75) is 54.4 Å². The lowest BCUT2D eigenvalue weighted by atomic mass is 10.3. The van der Waals surface area contributed by atoms with E-state index in [2.05, 4.69) is 39.3 Å². The van der Waals surface area contributed by atoms with E-state index in [9.17, 15) is 0 Å². The van der Waals surface area contributed by atoms with Gasteiger partial charge in [0, 0.05) is 0 Å². The van der Waals surface area contributed by atoms with Crippen LogP contribution < -0.4 is 0 Å². The number of hydrogen-bond acceptors (Lipinski definition) is 2. The topological polar surface area (TPSA) is 18.5 Å². The van der Waals surface area contributed by atoms with Gasteiger partial charge >= 0.3 is 0 Å². The largest absolute Gasteiger partial charge is 0.463 e. The van der Waals surface area contributed by atoms with Crippen LogP contribution in [0.25, 0.3) is 0 Å². The minimum Gasteiger partial charge on any atom is -0.463 e. The summed E-state index contributed by atoms with van der Waals surface area (Å²) in [5, 5.41) is 0. The zero-order chi connectivity index (χ0) is 20.8. The number of ether oxygens (including phenoxy) is 2. The van der Waals surface area contributed by atoms with Crippen LogP contribution in [0, 0.1) is 0 Å². The molecule has 0 atom stereocenters. The fraction of sp³-hybridized carbons (Fsp3) is 0.333. The Morgan fingerprint density at radius 1 is 0.808 bits per heavy atom. The summed E-state index contributed by atoms with van der Waals surface area (Å²) in [7, 11) is 0. The third kappa shape index (κ3) is 21.5. The molecule has 26 heavy (non-hydrogen) atoms. The Morgan fingerprint density at radius 3 is 1.81 bits per heavy atom. The van der Waals surface area contributed by atoms with Crippen LogP contribution in [0.15, 0.2) is 98.0 Å². The van der Waals surface area contributed by atoms with Crippen molar-refractivity contribution in [3.8, 4) is 0 Å². The molecule has 0 aliphatic rings. The van der Waals surface area contributed by atoms with Crippen molar-refractivity contribution in [1.29, 1.82) is 0 Å². The predicted molar refractivity (Wildman–Crippen MR) is 119 cm³/mol. The molecule has 0 fully saturated rings. The van der Waals surface area contributed by atoms with Crippen molar-refractivity contribution in [1.82, 2.24) is 0 Å². The number of hydrogen-bond donors (Lipinski definition) is 0. The first-order valence-electron chi connectivity index (χ1n) is 9.22. The molecule has 0 aromatic heterocycles. The molecule has 0 aromatic rings. The van der Waals surface area contributed by atoms with Crippen LogP contribution in [0.2, 0.25) is 0 Å². The minimum absolute atomic E-state index is 0.452. The van der Waals surface area contributed by atoms with Gasteiger partial charge in [0.25, 0.3) is 0 Å². The fourth-order valence-corrected chi connectivity index (χ4v) is 1.34. The standard InChI is InChI=1S/C20H26O2.2C2H6/c1-7-9-11-12-14-18(4)22-20(6)16-15-19(5)21-17(3)13-10-8-2;2*1-2/h8,10-16H,2-3,5-7,9H2,1,4H3;2*1-2H3/b12-11-,13-10-,16-15-,18-14+;;. The summed E-state index contributed by atoms with van der Waals surface area (Å²) < 4.78 is 10.9. The number of rotatable bonds is 11. The molecule has 0 rings (SSSR count). The third-order valence-electron chi connectivity index (χ3n) is 2.35. The fourth-order valence-electron chi connectivity index (χ4n) is 1.34. The third-order valence-corrected chi connectivity index (χ3v) is 2.35. The molecule has 0 radical (unpaired) electrons. The van der Waals surface area contributed by atoms with Crippen molar-refractivity contribution < 1.29 is 9.47 Å². The van der Waals surface area contributed by atoms with Crippen LogP contribution in [-0.4, -0.2) is 0 Å². The van der Waals surface area contributed by atoms with Gasteiger partial charge in [-0.2, -0.15) is 0 Å². The van der Waals surface area contributed by atoms with Crippen molar-refractivity contribution in [3.05, 3.63) is 98.0 Å². The van der Waals surface area contributed by atoms with Crippen LogP contribution in [0.4, 0.5) is 0 Å². The van der Waals surface area contributed by atoms with E-state index in [-0.39, 0.29) is 0 Å². The lowest BCUT2D eigenvalue weighted by Crippen LogP contribution is -1.88. The SMILES string of the molecule is C=C/C=C\C(=C)OC(=C)/C=C\C(=C)O/C(C)=C/C=C\CCC.CC.CC. The second kappa shape index (κ2) is 22.5. The van der Waals surface area contributed by atoms with Gasteiger partial charge in [-0.1, -0.05) is 91.7 Å². The summed E-state index contributed by atoms with van der Waals surface area (Å²) in [6.07, 6.45) is 16.6. The van der Waals surface area contributed by atoms with Crippen molar-refractivity contribution in [2.24, 2.45) is 0 Å². The smallest absolute Gasteiger partial charge is 0.120 e. The van der Waals surface area contributed by atoms with Crippen molar-refractivity contribution in [2.75, 3.05) is 0 Å². The van der Waals surface area contributed by atoms with Gasteiger partial charge < -0.3 is 9.47 Å². The average molecular weight is 359 g/mol. The quantitative estimate of drug-likeness (QED) is 0.274. The lowest BCUT2D eigenvalue weighted by Gasteiger charge is -2.06. The van der Waals surface area contributed by atoms with Gasteiger partial charge in [0.1, 0.15) is 23.0 Å². The average Bonchev–Trinajstić information content (AvgIpc) is 2.65. The molecular weight excluding hydrogens is 320 g/mol. The van der Waals surface area contributed by atoms with Crippen LogP contribution in [0.3, 0.4) is 0 Å². The van der Waals surface area contributed by atoms with E-state index in [4.69, 9.17) is 9.47 Å². The highest BCUT2D eigenvalue weighted by atomic mass is 16.5. The summed E-state index contributed by atoms with van der Waals surface area (Å²) in [6, 6.07) is 0. The first kappa shape index (κ1) is 28.3. The Kier molecular flexibility index (Phi) is 24.5. The summed E-state index contributed by atoms with van der Waals surface area (Å²) in [5.74, 6) is 2.22. The van der Waals surface area contributed by atoms with E-state index >= 15 is 0 Å².